The number of nitrogens with zero attached hydrogens (tertiary/aromatic N) is 4. The molecule has 0 aliphatic heterocycles. The van der Waals surface area contributed by atoms with Gasteiger partial charge in [0.25, 0.3) is 0 Å². The summed E-state index contributed by atoms with van der Waals surface area (Å²) >= 11 is 0. The molecule has 0 saturated carbocycles. The lowest BCUT2D eigenvalue weighted by molar-refractivity contribution is 0.285. The van der Waals surface area contributed by atoms with Crippen molar-refractivity contribution in [2.75, 3.05) is 25.0 Å². The maximum Gasteiger partial charge on any atom is 0.0731 e. The zero-order valence-electron chi connectivity index (χ0n) is 13.2. The Labute approximate surface area is 127 Å². The van der Waals surface area contributed by atoms with Gasteiger partial charge in [0.05, 0.1) is 18.4 Å². The van der Waals surface area contributed by atoms with Crippen molar-refractivity contribution >= 4 is 5.69 Å². The van der Waals surface area contributed by atoms with Gasteiger partial charge in [0.2, 0.25) is 0 Å². The normalized spacial score (nSPS) is 12.6. The molecule has 5 nitrogen and oxygen atoms in total. The van der Waals surface area contributed by atoms with Crippen LogP contribution in [0.2, 0.25) is 0 Å². The Bertz CT molecular complexity index is 518. The van der Waals surface area contributed by atoms with E-state index in [1.807, 2.05) is 35.4 Å². The molecule has 0 spiro atoms. The van der Waals surface area contributed by atoms with Gasteiger partial charge < -0.3 is 10.2 Å². The zero-order valence-corrected chi connectivity index (χ0v) is 13.2. The second kappa shape index (κ2) is 7.78. The van der Waals surface area contributed by atoms with Gasteiger partial charge in [0.1, 0.15) is 0 Å². The number of rotatable bonds is 8. The van der Waals surface area contributed by atoms with Crippen LogP contribution in [0.25, 0.3) is 0 Å². The van der Waals surface area contributed by atoms with Gasteiger partial charge in [0, 0.05) is 31.2 Å². The summed E-state index contributed by atoms with van der Waals surface area (Å²) < 4.78 is 2.00. The molecule has 2 aromatic heterocycles. The molecule has 5 heteroatoms. The number of hydrogen-bond donors (Lipinski definition) is 1. The van der Waals surface area contributed by atoms with Gasteiger partial charge in [-0.2, -0.15) is 5.10 Å². The van der Waals surface area contributed by atoms with Crippen LogP contribution in [0.3, 0.4) is 0 Å². The minimum atomic E-state index is 0.244. The van der Waals surface area contributed by atoms with Crippen LogP contribution in [0.15, 0.2) is 36.9 Å². The second-order valence-electron chi connectivity index (χ2n) is 5.17. The predicted molar refractivity (Wildman–Crippen MR) is 86.3 cm³/mol. The van der Waals surface area contributed by atoms with E-state index in [9.17, 15) is 0 Å². The molecule has 0 radical (unpaired) electrons. The average Bonchev–Trinajstić information content (AvgIpc) is 2.96. The third-order valence-electron chi connectivity index (χ3n) is 3.76. The van der Waals surface area contributed by atoms with E-state index in [0.717, 1.165) is 31.9 Å². The standard InChI is InChI=1S/C16H25N5/c1-4-20(5-2)10-11-21-13-16(12-18-21)19-14(3)15-6-8-17-9-7-15/h6-9,12-14,19H,4-5,10-11H2,1-3H3. The molecule has 0 bridgehead atoms. The summed E-state index contributed by atoms with van der Waals surface area (Å²) in [5, 5.41) is 7.89. The first-order valence-electron chi connectivity index (χ1n) is 7.64. The van der Waals surface area contributed by atoms with Crippen molar-refractivity contribution < 1.29 is 0 Å². The van der Waals surface area contributed by atoms with E-state index in [1.165, 1.54) is 5.56 Å². The first-order valence-corrected chi connectivity index (χ1v) is 7.64. The highest BCUT2D eigenvalue weighted by atomic mass is 15.3. The Balaban J connectivity index is 1.88. The van der Waals surface area contributed by atoms with Crippen LogP contribution in [0.4, 0.5) is 5.69 Å². The number of aromatic nitrogens is 3. The van der Waals surface area contributed by atoms with Gasteiger partial charge in [-0.05, 0) is 37.7 Å². The molecule has 0 aliphatic rings. The quantitative estimate of drug-likeness (QED) is 0.811. The van der Waals surface area contributed by atoms with Crippen LogP contribution < -0.4 is 5.32 Å². The van der Waals surface area contributed by atoms with Gasteiger partial charge in [-0.15, -0.1) is 0 Å². The van der Waals surface area contributed by atoms with Crippen molar-refractivity contribution in [1.82, 2.24) is 19.7 Å². The maximum atomic E-state index is 4.42. The number of nitrogens with one attached hydrogen (secondary N) is 1. The van der Waals surface area contributed by atoms with Gasteiger partial charge in [-0.3, -0.25) is 9.67 Å². The van der Waals surface area contributed by atoms with Crippen LogP contribution in [0.5, 0.6) is 0 Å². The maximum absolute atomic E-state index is 4.42. The fourth-order valence-corrected chi connectivity index (χ4v) is 2.33. The molecule has 1 unspecified atom stereocenters. The van der Waals surface area contributed by atoms with E-state index in [-0.39, 0.29) is 6.04 Å². The lowest BCUT2D eigenvalue weighted by Crippen LogP contribution is -2.27. The molecule has 0 saturated heterocycles. The number of likely N-dealkylation sites (N-methyl/N-ethyl adjacent to an activating group) is 1. The predicted octanol–water partition coefficient (Wildman–Crippen LogP) is 2.79. The van der Waals surface area contributed by atoms with Gasteiger partial charge in [0.15, 0.2) is 0 Å². The molecule has 2 heterocycles. The van der Waals surface area contributed by atoms with Gasteiger partial charge in [-0.25, -0.2) is 0 Å². The largest absolute Gasteiger partial charge is 0.376 e. The third kappa shape index (κ3) is 4.56. The monoisotopic (exact) mass is 287 g/mol. The Morgan fingerprint density at radius 1 is 1.24 bits per heavy atom. The molecule has 0 amide bonds. The SMILES string of the molecule is CCN(CC)CCn1cc(NC(C)c2ccncc2)cn1. The summed E-state index contributed by atoms with van der Waals surface area (Å²) in [6.07, 6.45) is 7.60. The molecule has 2 rings (SSSR count). The highest BCUT2D eigenvalue weighted by Crippen LogP contribution is 2.17. The highest BCUT2D eigenvalue weighted by Gasteiger charge is 2.07. The smallest absolute Gasteiger partial charge is 0.0731 e. The van der Waals surface area contributed by atoms with Crippen molar-refractivity contribution in [3.8, 4) is 0 Å². The summed E-state index contributed by atoms with van der Waals surface area (Å²) in [7, 11) is 0. The summed E-state index contributed by atoms with van der Waals surface area (Å²) in [5.41, 5.74) is 2.28. The van der Waals surface area contributed by atoms with Crippen molar-refractivity contribution in [3.05, 3.63) is 42.5 Å². The van der Waals surface area contributed by atoms with E-state index < -0.39 is 0 Å². The van der Waals surface area contributed by atoms with E-state index in [0.29, 0.717) is 0 Å². The van der Waals surface area contributed by atoms with Crippen molar-refractivity contribution in [3.63, 3.8) is 0 Å². The van der Waals surface area contributed by atoms with Crippen molar-refractivity contribution in [1.29, 1.82) is 0 Å². The summed E-state index contributed by atoms with van der Waals surface area (Å²) in [6.45, 7) is 10.7. The number of anilines is 1. The van der Waals surface area contributed by atoms with E-state index in [2.05, 4.69) is 47.3 Å². The molecule has 2 aromatic rings. The second-order valence-corrected chi connectivity index (χ2v) is 5.17. The molecule has 0 fully saturated rings. The zero-order chi connectivity index (χ0) is 15.1. The number of hydrogen-bond acceptors (Lipinski definition) is 4. The Morgan fingerprint density at radius 2 is 1.95 bits per heavy atom. The minimum absolute atomic E-state index is 0.244. The van der Waals surface area contributed by atoms with Crippen molar-refractivity contribution in [2.45, 2.75) is 33.4 Å². The van der Waals surface area contributed by atoms with E-state index >= 15 is 0 Å². The van der Waals surface area contributed by atoms with Crippen molar-refractivity contribution in [2.24, 2.45) is 0 Å². The minimum Gasteiger partial charge on any atom is -0.376 e. The summed E-state index contributed by atoms with van der Waals surface area (Å²) in [4.78, 5) is 6.44. The van der Waals surface area contributed by atoms with E-state index in [1.54, 1.807) is 0 Å². The molecule has 0 aliphatic carbocycles. The Hall–Kier alpha value is -1.88. The molecule has 21 heavy (non-hydrogen) atoms. The molecule has 1 N–H and O–H groups in total. The molecule has 114 valence electrons. The Morgan fingerprint density at radius 3 is 2.62 bits per heavy atom. The topological polar surface area (TPSA) is 46.0 Å². The Kier molecular flexibility index (Phi) is 5.75. The van der Waals surface area contributed by atoms with E-state index in [4.69, 9.17) is 0 Å². The highest BCUT2D eigenvalue weighted by molar-refractivity contribution is 5.41. The number of pyridine rings is 1. The van der Waals surface area contributed by atoms with Crippen LogP contribution in [-0.2, 0) is 6.54 Å². The molecule has 1 atom stereocenters. The van der Waals surface area contributed by atoms with Crippen LogP contribution in [0.1, 0.15) is 32.4 Å². The van der Waals surface area contributed by atoms with Gasteiger partial charge in [-0.1, -0.05) is 13.8 Å². The van der Waals surface area contributed by atoms with Crippen LogP contribution in [0, 0.1) is 0 Å². The lowest BCUT2D eigenvalue weighted by atomic mass is 10.1. The fraction of sp³-hybridized carbons (Fsp3) is 0.500. The third-order valence-corrected chi connectivity index (χ3v) is 3.76. The van der Waals surface area contributed by atoms with Gasteiger partial charge >= 0.3 is 0 Å². The molecular formula is C16H25N5. The first kappa shape index (κ1) is 15.5. The fourth-order valence-electron chi connectivity index (χ4n) is 2.33. The molecule has 0 aromatic carbocycles. The lowest BCUT2D eigenvalue weighted by Gasteiger charge is -2.17. The first-order chi connectivity index (χ1) is 10.2. The summed E-state index contributed by atoms with van der Waals surface area (Å²) in [5.74, 6) is 0. The van der Waals surface area contributed by atoms with Crippen LogP contribution in [-0.4, -0.2) is 39.3 Å². The summed E-state index contributed by atoms with van der Waals surface area (Å²) in [6, 6.07) is 4.30. The molecular weight excluding hydrogens is 262 g/mol. The average molecular weight is 287 g/mol. The van der Waals surface area contributed by atoms with Crippen LogP contribution >= 0.6 is 0 Å².